The maximum Gasteiger partial charge on any atom is 0.0534 e. The van der Waals surface area contributed by atoms with Gasteiger partial charge in [-0.05, 0) is 40.6 Å². The lowest BCUT2D eigenvalue weighted by Gasteiger charge is -2.04. The Kier molecular flexibility index (Phi) is 3.37. The zero-order valence-corrected chi connectivity index (χ0v) is 12.8. The molecule has 2 aromatic heterocycles. The maximum absolute atomic E-state index is 2.25. The quantitative estimate of drug-likeness (QED) is 0.446. The number of fused-ring (bicyclic) bond motifs is 1. The number of rotatable bonds is 3. The van der Waals surface area contributed by atoms with E-state index in [0.29, 0.717) is 0 Å². The molecule has 2 heteroatoms. The van der Waals surface area contributed by atoms with Crippen molar-refractivity contribution in [2.75, 3.05) is 0 Å². The molecule has 22 heavy (non-hydrogen) atoms. The summed E-state index contributed by atoms with van der Waals surface area (Å²) < 4.78 is 2.25. The Morgan fingerprint density at radius 3 is 2.45 bits per heavy atom. The van der Waals surface area contributed by atoms with Crippen LogP contribution in [0, 0.1) is 0 Å². The molecule has 0 saturated carbocycles. The lowest BCUT2D eigenvalue weighted by Crippen LogP contribution is -1.90. The van der Waals surface area contributed by atoms with Gasteiger partial charge < -0.3 is 4.57 Å². The highest BCUT2D eigenvalue weighted by Crippen LogP contribution is 2.26. The van der Waals surface area contributed by atoms with E-state index in [9.17, 15) is 0 Å². The molecule has 0 bridgehead atoms. The van der Waals surface area contributed by atoms with E-state index in [1.165, 1.54) is 27.7 Å². The van der Waals surface area contributed by atoms with Crippen LogP contribution in [0.15, 0.2) is 77.6 Å². The van der Waals surface area contributed by atoms with E-state index in [-0.39, 0.29) is 0 Å². The van der Waals surface area contributed by atoms with Gasteiger partial charge in [-0.25, -0.2) is 0 Å². The Hall–Kier alpha value is -2.58. The second-order valence-corrected chi connectivity index (χ2v) is 5.98. The van der Waals surface area contributed by atoms with Gasteiger partial charge in [-0.2, -0.15) is 11.3 Å². The molecule has 0 atom stereocenters. The molecule has 0 fully saturated rings. The summed E-state index contributed by atoms with van der Waals surface area (Å²) in [6.07, 6.45) is 6.58. The van der Waals surface area contributed by atoms with Gasteiger partial charge in [0.1, 0.15) is 0 Å². The SMILES string of the molecule is C(=C/c1cn(-c2ccccc2)c2ccccc12)/c1ccsc1. The van der Waals surface area contributed by atoms with Crippen molar-refractivity contribution in [3.63, 3.8) is 0 Å². The van der Waals surface area contributed by atoms with Crippen LogP contribution < -0.4 is 0 Å². The average Bonchev–Trinajstić information content (AvgIpc) is 3.22. The summed E-state index contributed by atoms with van der Waals surface area (Å²) in [5.74, 6) is 0. The minimum absolute atomic E-state index is 1.19. The van der Waals surface area contributed by atoms with Crippen LogP contribution in [0.25, 0.3) is 28.7 Å². The predicted molar refractivity (Wildman–Crippen MR) is 96.5 cm³/mol. The highest BCUT2D eigenvalue weighted by Gasteiger charge is 2.07. The van der Waals surface area contributed by atoms with Crippen molar-refractivity contribution >= 4 is 34.4 Å². The molecule has 4 rings (SSSR count). The van der Waals surface area contributed by atoms with Gasteiger partial charge in [0.25, 0.3) is 0 Å². The van der Waals surface area contributed by atoms with Gasteiger partial charge in [0.15, 0.2) is 0 Å². The van der Waals surface area contributed by atoms with Crippen molar-refractivity contribution in [2.24, 2.45) is 0 Å². The zero-order valence-electron chi connectivity index (χ0n) is 12.0. The molecule has 0 unspecified atom stereocenters. The molecule has 4 aromatic rings. The minimum atomic E-state index is 1.19. The first-order chi connectivity index (χ1) is 10.9. The molecule has 1 nitrogen and oxygen atoms in total. The van der Waals surface area contributed by atoms with Crippen molar-refractivity contribution < 1.29 is 0 Å². The van der Waals surface area contributed by atoms with Gasteiger partial charge in [-0.3, -0.25) is 0 Å². The van der Waals surface area contributed by atoms with E-state index in [1.54, 1.807) is 11.3 Å². The summed E-state index contributed by atoms with van der Waals surface area (Å²) in [4.78, 5) is 0. The second-order valence-electron chi connectivity index (χ2n) is 5.20. The molecule has 0 radical (unpaired) electrons. The first-order valence-electron chi connectivity index (χ1n) is 7.27. The van der Waals surface area contributed by atoms with Crippen LogP contribution in [0.5, 0.6) is 0 Å². The van der Waals surface area contributed by atoms with E-state index in [1.807, 2.05) is 6.07 Å². The summed E-state index contributed by atoms with van der Waals surface area (Å²) in [6, 6.07) is 21.2. The Labute approximate surface area is 133 Å². The topological polar surface area (TPSA) is 4.93 Å². The average molecular weight is 301 g/mol. The number of aromatic nitrogens is 1. The summed E-state index contributed by atoms with van der Waals surface area (Å²) in [5.41, 5.74) is 4.92. The lowest BCUT2D eigenvalue weighted by molar-refractivity contribution is 1.13. The molecule has 0 spiro atoms. The fraction of sp³-hybridized carbons (Fsp3) is 0. The van der Waals surface area contributed by atoms with Gasteiger partial charge in [0.05, 0.1) is 5.52 Å². The van der Waals surface area contributed by atoms with Crippen molar-refractivity contribution in [1.29, 1.82) is 0 Å². The van der Waals surface area contributed by atoms with Crippen LogP contribution in [-0.4, -0.2) is 4.57 Å². The highest BCUT2D eigenvalue weighted by molar-refractivity contribution is 7.08. The van der Waals surface area contributed by atoms with Crippen LogP contribution in [0.1, 0.15) is 11.1 Å². The van der Waals surface area contributed by atoms with Gasteiger partial charge in [-0.15, -0.1) is 0 Å². The summed E-state index contributed by atoms with van der Waals surface area (Å²) in [6.45, 7) is 0. The Morgan fingerprint density at radius 2 is 1.64 bits per heavy atom. The third-order valence-corrected chi connectivity index (χ3v) is 4.48. The first-order valence-corrected chi connectivity index (χ1v) is 8.22. The van der Waals surface area contributed by atoms with E-state index in [4.69, 9.17) is 0 Å². The van der Waals surface area contributed by atoms with Crippen molar-refractivity contribution in [1.82, 2.24) is 4.57 Å². The molecule has 0 aliphatic rings. The number of nitrogens with zero attached hydrogens (tertiary/aromatic N) is 1. The van der Waals surface area contributed by atoms with Crippen LogP contribution in [-0.2, 0) is 0 Å². The second kappa shape index (κ2) is 5.66. The Balaban J connectivity index is 1.86. The molecule has 0 aliphatic carbocycles. The van der Waals surface area contributed by atoms with Crippen molar-refractivity contribution in [2.45, 2.75) is 0 Å². The fourth-order valence-corrected chi connectivity index (χ4v) is 3.33. The molecule has 0 saturated heterocycles. The highest BCUT2D eigenvalue weighted by atomic mass is 32.1. The van der Waals surface area contributed by atoms with Crippen LogP contribution >= 0.6 is 11.3 Å². The summed E-state index contributed by atoms with van der Waals surface area (Å²) in [7, 11) is 0. The van der Waals surface area contributed by atoms with Crippen LogP contribution in [0.2, 0.25) is 0 Å². The van der Waals surface area contributed by atoms with Gasteiger partial charge in [0, 0.05) is 22.8 Å². The zero-order chi connectivity index (χ0) is 14.8. The predicted octanol–water partition coefficient (Wildman–Crippen LogP) is 5.86. The molecule has 0 N–H and O–H groups in total. The first kappa shape index (κ1) is 13.1. The minimum Gasteiger partial charge on any atom is -0.316 e. The van der Waals surface area contributed by atoms with E-state index in [2.05, 4.69) is 88.3 Å². The molecule has 106 valence electrons. The van der Waals surface area contributed by atoms with Crippen LogP contribution in [0.4, 0.5) is 0 Å². The Morgan fingerprint density at radius 1 is 0.818 bits per heavy atom. The van der Waals surface area contributed by atoms with Crippen molar-refractivity contribution in [3.05, 3.63) is 88.7 Å². The van der Waals surface area contributed by atoms with Gasteiger partial charge >= 0.3 is 0 Å². The smallest absolute Gasteiger partial charge is 0.0534 e. The normalized spacial score (nSPS) is 11.5. The largest absolute Gasteiger partial charge is 0.316 e. The van der Waals surface area contributed by atoms with E-state index >= 15 is 0 Å². The lowest BCUT2D eigenvalue weighted by atomic mass is 10.1. The number of hydrogen-bond acceptors (Lipinski definition) is 1. The molecular formula is C20H15NS. The molecule has 0 amide bonds. The molecular weight excluding hydrogens is 286 g/mol. The number of hydrogen-bond donors (Lipinski definition) is 0. The summed E-state index contributed by atoms with van der Waals surface area (Å²) in [5, 5.41) is 5.54. The third-order valence-electron chi connectivity index (χ3n) is 3.78. The standard InChI is InChI=1S/C20H15NS/c1-2-6-18(7-3-1)21-14-17(11-10-16-12-13-22-15-16)19-8-4-5-9-20(19)21/h1-15H/b11-10-. The maximum atomic E-state index is 2.25. The van der Waals surface area contributed by atoms with Gasteiger partial charge in [0.2, 0.25) is 0 Å². The molecule has 2 heterocycles. The third kappa shape index (κ3) is 2.38. The van der Waals surface area contributed by atoms with Crippen molar-refractivity contribution in [3.8, 4) is 5.69 Å². The van der Waals surface area contributed by atoms with Crippen LogP contribution in [0.3, 0.4) is 0 Å². The molecule has 0 aliphatic heterocycles. The number of benzene rings is 2. The van der Waals surface area contributed by atoms with Gasteiger partial charge in [-0.1, -0.05) is 48.6 Å². The number of para-hydroxylation sites is 2. The Bertz CT molecular complexity index is 915. The monoisotopic (exact) mass is 301 g/mol. The van der Waals surface area contributed by atoms with E-state index in [0.717, 1.165) is 0 Å². The van der Waals surface area contributed by atoms with E-state index < -0.39 is 0 Å². The number of thiophene rings is 1. The fourth-order valence-electron chi connectivity index (χ4n) is 2.70. The summed E-state index contributed by atoms with van der Waals surface area (Å²) >= 11 is 1.72. The molecule has 2 aromatic carbocycles.